The third-order valence-electron chi connectivity index (χ3n) is 4.77. The lowest BCUT2D eigenvalue weighted by Gasteiger charge is -2.16. The van der Waals surface area contributed by atoms with Crippen molar-refractivity contribution < 1.29 is 29.5 Å². The van der Waals surface area contributed by atoms with Crippen LogP contribution in [-0.4, -0.2) is 28.7 Å². The molecule has 6 nitrogen and oxygen atoms in total. The Balaban J connectivity index is 1.62. The Morgan fingerprint density at radius 1 is 1.15 bits per heavy atom. The topological polar surface area (TPSA) is 88.4 Å². The number of hydrogen-bond donors (Lipinski definition) is 3. The predicted octanol–water partition coefficient (Wildman–Crippen LogP) is 2.98. The molecule has 2 aliphatic rings. The minimum absolute atomic E-state index is 0.0181. The summed E-state index contributed by atoms with van der Waals surface area (Å²) >= 11 is 0. The Bertz CT molecular complexity index is 853. The number of aromatic hydroxyl groups is 2. The van der Waals surface area contributed by atoms with Gasteiger partial charge >= 0.3 is 0 Å². The molecule has 1 atom stereocenters. The molecule has 26 heavy (non-hydrogen) atoms. The monoisotopic (exact) mass is 356 g/mol. The molecule has 6 heteroatoms. The van der Waals surface area contributed by atoms with Gasteiger partial charge in [0.05, 0.1) is 6.61 Å². The number of fused-ring (bicyclic) bond motifs is 2. The minimum Gasteiger partial charge on any atom is -0.508 e. The molecule has 0 amide bonds. The maximum Gasteiger partial charge on any atom is 0.231 e. The van der Waals surface area contributed by atoms with E-state index in [0.29, 0.717) is 41.2 Å². The molecule has 0 aliphatic carbocycles. The van der Waals surface area contributed by atoms with Gasteiger partial charge in [-0.25, -0.2) is 0 Å². The molecule has 0 bridgehead atoms. The lowest BCUT2D eigenvalue weighted by Crippen LogP contribution is -2.05. The van der Waals surface area contributed by atoms with Crippen LogP contribution in [0.25, 0.3) is 0 Å². The molecular formula is C20H20O6. The van der Waals surface area contributed by atoms with Crippen molar-refractivity contribution >= 4 is 0 Å². The zero-order valence-corrected chi connectivity index (χ0v) is 14.4. The highest BCUT2D eigenvalue weighted by molar-refractivity contribution is 5.56. The number of phenols is 2. The molecule has 136 valence electrons. The first-order valence-electron chi connectivity index (χ1n) is 8.46. The normalized spacial score (nSPS) is 17.9. The Morgan fingerprint density at radius 3 is 2.69 bits per heavy atom. The second-order valence-corrected chi connectivity index (χ2v) is 6.54. The number of benzene rings is 2. The van der Waals surface area contributed by atoms with E-state index >= 15 is 0 Å². The van der Waals surface area contributed by atoms with E-state index < -0.39 is 0 Å². The van der Waals surface area contributed by atoms with E-state index in [9.17, 15) is 10.2 Å². The SMILES string of the molecule is CC(=CCc1c(O)ccc(C2Cc3cc4c(cc3O2)OCO4)c1O)CO. The van der Waals surface area contributed by atoms with Gasteiger partial charge in [0.1, 0.15) is 23.4 Å². The third-order valence-corrected chi connectivity index (χ3v) is 4.77. The van der Waals surface area contributed by atoms with E-state index in [1.807, 2.05) is 12.1 Å². The van der Waals surface area contributed by atoms with Gasteiger partial charge in [-0.05, 0) is 31.5 Å². The van der Waals surface area contributed by atoms with Crippen LogP contribution < -0.4 is 14.2 Å². The quantitative estimate of drug-likeness (QED) is 0.730. The Labute approximate surface area is 150 Å². The average molecular weight is 356 g/mol. The molecule has 2 aromatic carbocycles. The second kappa shape index (κ2) is 6.46. The van der Waals surface area contributed by atoms with Crippen LogP contribution in [-0.2, 0) is 12.8 Å². The Kier molecular flexibility index (Phi) is 4.12. The summed E-state index contributed by atoms with van der Waals surface area (Å²) in [6.07, 6.45) is 2.35. The van der Waals surface area contributed by atoms with Gasteiger partial charge in [0.2, 0.25) is 6.79 Å². The molecule has 4 rings (SSSR count). The summed E-state index contributed by atoms with van der Waals surface area (Å²) in [5.41, 5.74) is 2.80. The molecule has 3 N–H and O–H groups in total. The predicted molar refractivity (Wildman–Crippen MR) is 94.0 cm³/mol. The van der Waals surface area contributed by atoms with Gasteiger partial charge < -0.3 is 29.5 Å². The fraction of sp³-hybridized carbons (Fsp3) is 0.300. The Morgan fingerprint density at radius 2 is 1.92 bits per heavy atom. The highest BCUT2D eigenvalue weighted by Gasteiger charge is 2.30. The van der Waals surface area contributed by atoms with Crippen LogP contribution in [0.3, 0.4) is 0 Å². The summed E-state index contributed by atoms with van der Waals surface area (Å²) in [5.74, 6) is 2.11. The van der Waals surface area contributed by atoms with Crippen LogP contribution in [0.4, 0.5) is 0 Å². The van der Waals surface area contributed by atoms with E-state index in [1.165, 1.54) is 0 Å². The van der Waals surface area contributed by atoms with Crippen molar-refractivity contribution in [2.75, 3.05) is 13.4 Å². The Hall–Kier alpha value is -2.86. The van der Waals surface area contributed by atoms with E-state index in [4.69, 9.17) is 19.3 Å². The van der Waals surface area contributed by atoms with Crippen LogP contribution >= 0.6 is 0 Å². The first-order chi connectivity index (χ1) is 12.6. The highest BCUT2D eigenvalue weighted by atomic mass is 16.7. The summed E-state index contributed by atoms with van der Waals surface area (Å²) in [7, 11) is 0. The molecule has 2 aliphatic heterocycles. The van der Waals surface area contributed by atoms with Crippen molar-refractivity contribution in [2.24, 2.45) is 0 Å². The standard InChI is InChI=1S/C20H20O6/c1-11(9-21)2-3-13-15(22)5-4-14(20(13)23)17-6-12-7-18-19(25-10-24-18)8-16(12)26-17/h2,4-5,7-8,17,21-23H,3,6,9-10H2,1H3. The number of hydrogen-bond acceptors (Lipinski definition) is 6. The minimum atomic E-state index is -0.352. The van der Waals surface area contributed by atoms with Gasteiger partial charge in [0, 0.05) is 29.2 Å². The summed E-state index contributed by atoms with van der Waals surface area (Å²) in [6, 6.07) is 6.95. The molecule has 0 radical (unpaired) electrons. The molecule has 0 saturated carbocycles. The van der Waals surface area contributed by atoms with Gasteiger partial charge in [-0.1, -0.05) is 11.6 Å². The maximum absolute atomic E-state index is 10.7. The number of rotatable bonds is 4. The highest BCUT2D eigenvalue weighted by Crippen LogP contribution is 2.47. The molecule has 0 aromatic heterocycles. The summed E-state index contributed by atoms with van der Waals surface area (Å²) in [5, 5.41) is 29.9. The molecule has 2 aromatic rings. The first kappa shape index (κ1) is 16.6. The zero-order chi connectivity index (χ0) is 18.3. The molecule has 2 heterocycles. The third kappa shape index (κ3) is 2.82. The summed E-state index contributed by atoms with van der Waals surface area (Å²) in [4.78, 5) is 0. The van der Waals surface area contributed by atoms with Crippen LogP contribution in [0.1, 0.15) is 29.7 Å². The molecule has 0 saturated heterocycles. The maximum atomic E-state index is 10.7. The van der Waals surface area contributed by atoms with Crippen molar-refractivity contribution in [3.05, 3.63) is 52.6 Å². The van der Waals surface area contributed by atoms with Gasteiger partial charge in [0.25, 0.3) is 0 Å². The van der Waals surface area contributed by atoms with Gasteiger partial charge in [-0.2, -0.15) is 0 Å². The van der Waals surface area contributed by atoms with Crippen molar-refractivity contribution in [1.29, 1.82) is 0 Å². The molecule has 0 fully saturated rings. The largest absolute Gasteiger partial charge is 0.508 e. The van der Waals surface area contributed by atoms with Crippen LogP contribution in [0.2, 0.25) is 0 Å². The first-order valence-corrected chi connectivity index (χ1v) is 8.46. The fourth-order valence-electron chi connectivity index (χ4n) is 3.25. The summed E-state index contributed by atoms with van der Waals surface area (Å²) in [6.45, 7) is 1.94. The summed E-state index contributed by atoms with van der Waals surface area (Å²) < 4.78 is 16.8. The number of phenolic OH excluding ortho intramolecular Hbond substituents is 2. The molecule has 1 unspecified atom stereocenters. The van der Waals surface area contributed by atoms with Gasteiger partial charge in [-0.15, -0.1) is 0 Å². The molecule has 0 spiro atoms. The lowest BCUT2D eigenvalue weighted by atomic mass is 9.97. The van der Waals surface area contributed by atoms with Crippen molar-refractivity contribution in [3.8, 4) is 28.7 Å². The van der Waals surface area contributed by atoms with E-state index in [1.54, 1.807) is 25.1 Å². The van der Waals surface area contributed by atoms with Crippen LogP contribution in [0, 0.1) is 0 Å². The van der Waals surface area contributed by atoms with E-state index in [2.05, 4.69) is 0 Å². The van der Waals surface area contributed by atoms with Crippen molar-refractivity contribution in [3.63, 3.8) is 0 Å². The number of ether oxygens (including phenoxy) is 3. The van der Waals surface area contributed by atoms with E-state index in [0.717, 1.165) is 11.1 Å². The van der Waals surface area contributed by atoms with Crippen LogP contribution in [0.15, 0.2) is 35.9 Å². The van der Waals surface area contributed by atoms with Crippen molar-refractivity contribution in [2.45, 2.75) is 25.9 Å². The second-order valence-electron chi connectivity index (χ2n) is 6.54. The fourth-order valence-corrected chi connectivity index (χ4v) is 3.25. The number of aliphatic hydroxyl groups is 1. The van der Waals surface area contributed by atoms with Crippen LogP contribution in [0.5, 0.6) is 28.7 Å². The van der Waals surface area contributed by atoms with Crippen molar-refractivity contribution in [1.82, 2.24) is 0 Å². The number of allylic oxidation sites excluding steroid dienone is 1. The van der Waals surface area contributed by atoms with Gasteiger partial charge in [0.15, 0.2) is 11.5 Å². The zero-order valence-electron chi connectivity index (χ0n) is 14.4. The lowest BCUT2D eigenvalue weighted by molar-refractivity contribution is 0.173. The smallest absolute Gasteiger partial charge is 0.231 e. The average Bonchev–Trinajstić information content (AvgIpc) is 3.24. The molecular weight excluding hydrogens is 336 g/mol. The van der Waals surface area contributed by atoms with Gasteiger partial charge in [-0.3, -0.25) is 0 Å². The number of aliphatic hydroxyl groups excluding tert-OH is 1. The van der Waals surface area contributed by atoms with E-state index in [-0.39, 0.29) is 31.0 Å².